The van der Waals surface area contributed by atoms with E-state index < -0.39 is 9.84 Å². The fraction of sp³-hybridized carbons (Fsp3) is 0.727. The van der Waals surface area contributed by atoms with Crippen LogP contribution in [0.15, 0.2) is 4.47 Å². The summed E-state index contributed by atoms with van der Waals surface area (Å²) in [7, 11) is -0.861. The van der Waals surface area contributed by atoms with E-state index in [-0.39, 0.29) is 6.04 Å². The Kier molecular flexibility index (Phi) is 4.13. The van der Waals surface area contributed by atoms with Crippen molar-refractivity contribution in [1.82, 2.24) is 15.1 Å². The normalized spacial score (nSPS) is 20.2. The summed E-state index contributed by atoms with van der Waals surface area (Å²) in [4.78, 5) is 0. The SMILES string of the molecule is Cc1nn(C)c(CNC2CCS(=O)(=O)CC2)c1Br. The highest BCUT2D eigenvalue weighted by Crippen LogP contribution is 2.20. The second-order valence-electron chi connectivity index (χ2n) is 4.78. The standard InChI is InChI=1S/C11H18BrN3O2S/c1-8-11(12)10(15(2)14-8)7-13-9-3-5-18(16,17)6-4-9/h9,13H,3-7H2,1-2H3. The Labute approximate surface area is 116 Å². The minimum Gasteiger partial charge on any atom is -0.308 e. The molecule has 0 aromatic carbocycles. The van der Waals surface area contributed by atoms with Gasteiger partial charge in [0.25, 0.3) is 0 Å². The molecule has 2 rings (SSSR count). The van der Waals surface area contributed by atoms with Crippen molar-refractivity contribution in [2.45, 2.75) is 32.4 Å². The number of nitrogens with one attached hydrogen (secondary N) is 1. The highest BCUT2D eigenvalue weighted by atomic mass is 79.9. The number of aromatic nitrogens is 2. The smallest absolute Gasteiger partial charge is 0.150 e. The lowest BCUT2D eigenvalue weighted by molar-refractivity contribution is 0.454. The van der Waals surface area contributed by atoms with Gasteiger partial charge in [-0.1, -0.05) is 0 Å². The molecule has 1 aromatic heterocycles. The van der Waals surface area contributed by atoms with Crippen molar-refractivity contribution < 1.29 is 8.42 Å². The van der Waals surface area contributed by atoms with E-state index in [0.29, 0.717) is 30.9 Å². The highest BCUT2D eigenvalue weighted by Gasteiger charge is 2.23. The summed E-state index contributed by atoms with van der Waals surface area (Å²) < 4.78 is 25.5. The average Bonchev–Trinajstić information content (AvgIpc) is 2.53. The first kappa shape index (κ1) is 14.0. The Hall–Kier alpha value is -0.400. The van der Waals surface area contributed by atoms with Crippen LogP contribution in [-0.4, -0.2) is 35.7 Å². The summed E-state index contributed by atoms with van der Waals surface area (Å²) in [5, 5.41) is 7.75. The van der Waals surface area contributed by atoms with Crippen LogP contribution in [0, 0.1) is 6.92 Å². The topological polar surface area (TPSA) is 64.0 Å². The van der Waals surface area contributed by atoms with Crippen molar-refractivity contribution in [2.75, 3.05) is 11.5 Å². The zero-order valence-electron chi connectivity index (χ0n) is 10.6. The van der Waals surface area contributed by atoms with E-state index in [4.69, 9.17) is 0 Å². The third-order valence-corrected chi connectivity index (χ3v) is 6.12. The number of nitrogens with zero attached hydrogens (tertiary/aromatic N) is 2. The summed E-state index contributed by atoms with van der Waals surface area (Å²) in [6.45, 7) is 2.67. The number of aryl methyl sites for hydroxylation is 2. The Morgan fingerprint density at radius 2 is 2.06 bits per heavy atom. The first-order valence-electron chi connectivity index (χ1n) is 6.01. The number of rotatable bonds is 3. The fourth-order valence-corrected chi connectivity index (χ4v) is 4.17. The van der Waals surface area contributed by atoms with E-state index >= 15 is 0 Å². The van der Waals surface area contributed by atoms with Gasteiger partial charge in [-0.3, -0.25) is 4.68 Å². The monoisotopic (exact) mass is 335 g/mol. The summed E-state index contributed by atoms with van der Waals surface area (Å²) in [5.41, 5.74) is 2.07. The maximum absolute atomic E-state index is 11.3. The van der Waals surface area contributed by atoms with E-state index in [1.807, 2.05) is 18.7 Å². The van der Waals surface area contributed by atoms with Crippen LogP contribution in [-0.2, 0) is 23.4 Å². The highest BCUT2D eigenvalue weighted by molar-refractivity contribution is 9.10. The molecule has 1 fully saturated rings. The van der Waals surface area contributed by atoms with Gasteiger partial charge in [0.1, 0.15) is 9.84 Å². The van der Waals surface area contributed by atoms with Gasteiger partial charge in [0.05, 0.1) is 27.4 Å². The summed E-state index contributed by atoms with van der Waals surface area (Å²) in [5.74, 6) is 0.604. The number of hydrogen-bond donors (Lipinski definition) is 1. The van der Waals surface area contributed by atoms with Gasteiger partial charge in [-0.2, -0.15) is 5.10 Å². The van der Waals surface area contributed by atoms with Gasteiger partial charge in [-0.25, -0.2) is 8.42 Å². The van der Waals surface area contributed by atoms with Crippen molar-refractivity contribution in [3.8, 4) is 0 Å². The maximum Gasteiger partial charge on any atom is 0.150 e. The van der Waals surface area contributed by atoms with Gasteiger partial charge >= 0.3 is 0 Å². The van der Waals surface area contributed by atoms with Crippen LogP contribution >= 0.6 is 15.9 Å². The Bertz CT molecular complexity index is 525. The van der Waals surface area contributed by atoms with Crippen LogP contribution in [0.2, 0.25) is 0 Å². The Balaban J connectivity index is 1.93. The van der Waals surface area contributed by atoms with E-state index in [1.165, 1.54) is 0 Å². The van der Waals surface area contributed by atoms with Crippen LogP contribution in [0.4, 0.5) is 0 Å². The molecule has 1 aliphatic rings. The van der Waals surface area contributed by atoms with Gasteiger partial charge in [0.15, 0.2) is 0 Å². The molecule has 1 aromatic rings. The molecule has 5 nitrogen and oxygen atoms in total. The number of sulfone groups is 1. The lowest BCUT2D eigenvalue weighted by Gasteiger charge is -2.23. The van der Waals surface area contributed by atoms with Gasteiger partial charge in [0.2, 0.25) is 0 Å². The molecule has 0 amide bonds. The molecule has 0 saturated carbocycles. The van der Waals surface area contributed by atoms with Gasteiger partial charge in [0, 0.05) is 19.6 Å². The molecule has 1 N–H and O–H groups in total. The molecule has 0 radical (unpaired) electrons. The summed E-state index contributed by atoms with van der Waals surface area (Å²) in [6.07, 6.45) is 1.41. The van der Waals surface area contributed by atoms with Crippen molar-refractivity contribution in [2.24, 2.45) is 7.05 Å². The third-order valence-electron chi connectivity index (χ3n) is 3.37. The fourth-order valence-electron chi connectivity index (χ4n) is 2.21. The Morgan fingerprint density at radius 1 is 1.44 bits per heavy atom. The van der Waals surface area contributed by atoms with Crippen molar-refractivity contribution in [1.29, 1.82) is 0 Å². The third kappa shape index (κ3) is 3.13. The Morgan fingerprint density at radius 3 is 2.56 bits per heavy atom. The largest absolute Gasteiger partial charge is 0.308 e. The second kappa shape index (κ2) is 5.30. The molecule has 7 heteroatoms. The summed E-state index contributed by atoms with van der Waals surface area (Å²) >= 11 is 3.52. The molecular formula is C11H18BrN3O2S. The average molecular weight is 336 g/mol. The van der Waals surface area contributed by atoms with E-state index in [9.17, 15) is 8.42 Å². The lowest BCUT2D eigenvalue weighted by Crippen LogP contribution is -2.37. The first-order chi connectivity index (χ1) is 8.39. The van der Waals surface area contributed by atoms with E-state index in [2.05, 4.69) is 26.3 Å². The predicted molar refractivity (Wildman–Crippen MR) is 74.2 cm³/mol. The molecule has 0 spiro atoms. The van der Waals surface area contributed by atoms with Gasteiger partial charge in [-0.05, 0) is 35.7 Å². The molecule has 0 unspecified atom stereocenters. The van der Waals surface area contributed by atoms with Gasteiger partial charge < -0.3 is 5.32 Å². The van der Waals surface area contributed by atoms with Crippen molar-refractivity contribution in [3.05, 3.63) is 15.9 Å². The number of halogens is 1. The van der Waals surface area contributed by atoms with E-state index in [0.717, 1.165) is 15.9 Å². The second-order valence-corrected chi connectivity index (χ2v) is 7.87. The zero-order valence-corrected chi connectivity index (χ0v) is 13.0. The molecule has 0 aliphatic carbocycles. The molecule has 102 valence electrons. The summed E-state index contributed by atoms with van der Waals surface area (Å²) in [6, 6.07) is 0.288. The molecule has 1 saturated heterocycles. The van der Waals surface area contributed by atoms with Crippen LogP contribution < -0.4 is 5.32 Å². The predicted octanol–water partition coefficient (Wildman–Crippen LogP) is 1.16. The van der Waals surface area contributed by atoms with Crippen LogP contribution in [0.1, 0.15) is 24.2 Å². The molecule has 0 bridgehead atoms. The molecule has 18 heavy (non-hydrogen) atoms. The van der Waals surface area contributed by atoms with Crippen molar-refractivity contribution in [3.63, 3.8) is 0 Å². The van der Waals surface area contributed by atoms with Crippen LogP contribution in [0.3, 0.4) is 0 Å². The molecule has 0 atom stereocenters. The lowest BCUT2D eigenvalue weighted by atomic mass is 10.1. The van der Waals surface area contributed by atoms with Crippen molar-refractivity contribution >= 4 is 25.8 Å². The van der Waals surface area contributed by atoms with Gasteiger partial charge in [-0.15, -0.1) is 0 Å². The first-order valence-corrected chi connectivity index (χ1v) is 8.62. The van der Waals surface area contributed by atoms with Crippen LogP contribution in [0.5, 0.6) is 0 Å². The minimum absolute atomic E-state index is 0.288. The zero-order chi connectivity index (χ0) is 13.3. The maximum atomic E-state index is 11.3. The van der Waals surface area contributed by atoms with Crippen LogP contribution in [0.25, 0.3) is 0 Å². The molecule has 2 heterocycles. The molecule has 1 aliphatic heterocycles. The van der Waals surface area contributed by atoms with E-state index in [1.54, 1.807) is 0 Å². The number of hydrogen-bond acceptors (Lipinski definition) is 4. The molecular weight excluding hydrogens is 318 g/mol. The quantitative estimate of drug-likeness (QED) is 0.900. The minimum atomic E-state index is -2.78.